The van der Waals surface area contributed by atoms with Gasteiger partial charge >= 0.3 is 0 Å². The van der Waals surface area contributed by atoms with Gasteiger partial charge in [0.15, 0.2) is 0 Å². The molecule has 2 saturated heterocycles. The van der Waals surface area contributed by atoms with Crippen molar-refractivity contribution >= 4 is 26.8 Å². The Morgan fingerprint density at radius 2 is 1.74 bits per heavy atom. The summed E-state index contributed by atoms with van der Waals surface area (Å²) in [5.74, 6) is 0.414. The number of likely N-dealkylation sites (tertiary alicyclic amines) is 1. The summed E-state index contributed by atoms with van der Waals surface area (Å²) in [5.41, 5.74) is 0.0344. The van der Waals surface area contributed by atoms with Crippen LogP contribution in [0.25, 0.3) is 10.9 Å². The molecule has 0 aliphatic carbocycles. The van der Waals surface area contributed by atoms with Crippen LogP contribution in [0.4, 0.5) is 0 Å². The maximum atomic E-state index is 13.1. The van der Waals surface area contributed by atoms with E-state index in [0.717, 1.165) is 38.5 Å². The molecule has 0 atom stereocenters. The average molecular weight is 447 g/mol. The maximum absolute atomic E-state index is 13.1. The molecule has 2 aliphatic rings. The first-order valence-corrected chi connectivity index (χ1v) is 12.6. The van der Waals surface area contributed by atoms with Gasteiger partial charge in [-0.1, -0.05) is 19.8 Å². The van der Waals surface area contributed by atoms with Crippen LogP contribution in [0, 0.1) is 5.92 Å². The summed E-state index contributed by atoms with van der Waals surface area (Å²) >= 11 is 0. The van der Waals surface area contributed by atoms with E-state index in [4.69, 9.17) is 0 Å². The van der Waals surface area contributed by atoms with Crippen molar-refractivity contribution in [1.82, 2.24) is 18.8 Å². The predicted octanol–water partition coefficient (Wildman–Crippen LogP) is 2.22. The number of sulfonamides is 1. The molecule has 3 heterocycles. The van der Waals surface area contributed by atoms with Gasteiger partial charge in [-0.25, -0.2) is 13.4 Å². The van der Waals surface area contributed by atoms with Crippen LogP contribution in [0.5, 0.6) is 0 Å². The highest BCUT2D eigenvalue weighted by Gasteiger charge is 2.28. The Hall–Kier alpha value is -2.26. The van der Waals surface area contributed by atoms with Crippen LogP contribution in [0.2, 0.25) is 0 Å². The summed E-state index contributed by atoms with van der Waals surface area (Å²) in [4.78, 5) is 32.0. The van der Waals surface area contributed by atoms with Crippen molar-refractivity contribution in [3.63, 3.8) is 0 Å². The van der Waals surface area contributed by atoms with Crippen LogP contribution in [-0.2, 0) is 21.4 Å². The van der Waals surface area contributed by atoms with Crippen LogP contribution < -0.4 is 5.56 Å². The molecule has 0 unspecified atom stereocenters. The van der Waals surface area contributed by atoms with E-state index in [1.165, 1.54) is 27.3 Å². The first-order chi connectivity index (χ1) is 14.9. The third kappa shape index (κ3) is 4.67. The second kappa shape index (κ2) is 9.08. The van der Waals surface area contributed by atoms with E-state index in [2.05, 4.69) is 11.9 Å². The lowest BCUT2D eigenvalue weighted by atomic mass is 10.0. The molecule has 0 spiro atoms. The van der Waals surface area contributed by atoms with Crippen LogP contribution in [0.3, 0.4) is 0 Å². The Labute approximate surface area is 182 Å². The summed E-state index contributed by atoms with van der Waals surface area (Å²) < 4.78 is 29.0. The quantitative estimate of drug-likeness (QED) is 0.718. The zero-order chi connectivity index (χ0) is 22.0. The summed E-state index contributed by atoms with van der Waals surface area (Å²) in [7, 11) is -3.67. The molecular formula is C22H30N4O4S. The second-order valence-corrected chi connectivity index (χ2v) is 10.7. The van der Waals surface area contributed by atoms with E-state index in [9.17, 15) is 18.0 Å². The van der Waals surface area contributed by atoms with E-state index in [1.54, 1.807) is 6.07 Å². The highest BCUT2D eigenvalue weighted by Crippen LogP contribution is 2.24. The lowest BCUT2D eigenvalue weighted by Crippen LogP contribution is -2.38. The van der Waals surface area contributed by atoms with Crippen molar-refractivity contribution in [1.29, 1.82) is 0 Å². The van der Waals surface area contributed by atoms with E-state index in [1.807, 2.05) is 4.90 Å². The van der Waals surface area contributed by atoms with E-state index < -0.39 is 15.6 Å². The van der Waals surface area contributed by atoms with Crippen LogP contribution in [-0.4, -0.2) is 59.3 Å². The molecule has 4 rings (SSSR count). The number of hydrogen-bond donors (Lipinski definition) is 0. The molecule has 0 bridgehead atoms. The number of carbonyl (C=O) groups is 1. The Morgan fingerprint density at radius 1 is 1.06 bits per heavy atom. The SMILES string of the molecule is CC1CCN(S(=O)(=O)c2ccc3ncn(CC(=O)N4CCCCCC4)c(=O)c3c2)CC1. The van der Waals surface area contributed by atoms with Crippen LogP contribution in [0.1, 0.15) is 45.4 Å². The van der Waals surface area contributed by atoms with Crippen molar-refractivity contribution in [2.45, 2.75) is 56.9 Å². The number of benzene rings is 1. The standard InChI is InChI=1S/C22H30N4O4S/c1-17-8-12-26(13-9-17)31(29,30)18-6-7-20-19(14-18)22(28)25(16-23-20)15-21(27)24-10-4-2-3-5-11-24/h6-7,14,16-17H,2-5,8-13,15H2,1H3. The van der Waals surface area contributed by atoms with E-state index in [0.29, 0.717) is 37.6 Å². The number of carbonyl (C=O) groups excluding carboxylic acids is 1. The van der Waals surface area contributed by atoms with Gasteiger partial charge in [0.25, 0.3) is 5.56 Å². The Morgan fingerprint density at radius 3 is 2.42 bits per heavy atom. The predicted molar refractivity (Wildman–Crippen MR) is 118 cm³/mol. The zero-order valence-electron chi connectivity index (χ0n) is 18.0. The Balaban J connectivity index is 1.61. The van der Waals surface area contributed by atoms with Crippen molar-refractivity contribution in [3.05, 3.63) is 34.9 Å². The maximum Gasteiger partial charge on any atom is 0.261 e. The highest BCUT2D eigenvalue weighted by molar-refractivity contribution is 7.89. The number of piperidine rings is 1. The van der Waals surface area contributed by atoms with Crippen molar-refractivity contribution < 1.29 is 13.2 Å². The van der Waals surface area contributed by atoms with Gasteiger partial charge in [0, 0.05) is 26.2 Å². The molecule has 0 N–H and O–H groups in total. The zero-order valence-corrected chi connectivity index (χ0v) is 18.8. The Bertz CT molecular complexity index is 1110. The van der Waals surface area contributed by atoms with Gasteiger partial charge in [0.1, 0.15) is 6.54 Å². The lowest BCUT2D eigenvalue weighted by molar-refractivity contribution is -0.131. The van der Waals surface area contributed by atoms with Gasteiger partial charge < -0.3 is 4.90 Å². The smallest absolute Gasteiger partial charge is 0.261 e. The average Bonchev–Trinajstić information content (AvgIpc) is 3.05. The van der Waals surface area contributed by atoms with Crippen molar-refractivity contribution in [2.24, 2.45) is 5.92 Å². The normalized spacial score (nSPS) is 19.5. The van der Waals surface area contributed by atoms with Crippen molar-refractivity contribution in [2.75, 3.05) is 26.2 Å². The van der Waals surface area contributed by atoms with Gasteiger partial charge in [-0.2, -0.15) is 4.31 Å². The second-order valence-electron chi connectivity index (χ2n) is 8.74. The van der Waals surface area contributed by atoms with Crippen molar-refractivity contribution in [3.8, 4) is 0 Å². The molecule has 2 fully saturated rings. The molecule has 8 nitrogen and oxygen atoms in total. The number of fused-ring (bicyclic) bond motifs is 1. The van der Waals surface area contributed by atoms with E-state index >= 15 is 0 Å². The number of aromatic nitrogens is 2. The monoisotopic (exact) mass is 446 g/mol. The first kappa shape index (κ1) is 22.0. The van der Waals surface area contributed by atoms with Gasteiger partial charge in [-0.3, -0.25) is 14.2 Å². The molecule has 0 radical (unpaired) electrons. The third-order valence-electron chi connectivity index (χ3n) is 6.44. The lowest BCUT2D eigenvalue weighted by Gasteiger charge is -2.29. The topological polar surface area (TPSA) is 92.6 Å². The third-order valence-corrected chi connectivity index (χ3v) is 8.33. The van der Waals surface area contributed by atoms with Gasteiger partial charge in [0.2, 0.25) is 15.9 Å². The summed E-state index contributed by atoms with van der Waals surface area (Å²) in [6.45, 7) is 4.45. The van der Waals surface area contributed by atoms with Crippen LogP contribution in [0.15, 0.2) is 34.2 Å². The van der Waals surface area contributed by atoms with Gasteiger partial charge in [0.05, 0.1) is 22.1 Å². The number of nitrogens with zero attached hydrogens (tertiary/aromatic N) is 4. The molecule has 1 amide bonds. The van der Waals surface area contributed by atoms with Gasteiger partial charge in [-0.15, -0.1) is 0 Å². The number of rotatable bonds is 4. The molecule has 31 heavy (non-hydrogen) atoms. The number of amides is 1. The minimum Gasteiger partial charge on any atom is -0.341 e. The summed E-state index contributed by atoms with van der Waals surface area (Å²) in [5, 5.41) is 0.220. The molecule has 9 heteroatoms. The summed E-state index contributed by atoms with van der Waals surface area (Å²) in [6.07, 6.45) is 7.24. The van der Waals surface area contributed by atoms with Crippen LogP contribution >= 0.6 is 0 Å². The largest absolute Gasteiger partial charge is 0.341 e. The molecule has 168 valence electrons. The minimum atomic E-state index is -3.67. The fourth-order valence-corrected chi connectivity index (χ4v) is 5.85. The Kier molecular flexibility index (Phi) is 6.43. The summed E-state index contributed by atoms with van der Waals surface area (Å²) in [6, 6.07) is 4.48. The molecular weight excluding hydrogens is 416 g/mol. The highest BCUT2D eigenvalue weighted by atomic mass is 32.2. The molecule has 2 aliphatic heterocycles. The van der Waals surface area contributed by atoms with E-state index in [-0.39, 0.29) is 22.7 Å². The minimum absolute atomic E-state index is 0.0806. The molecule has 1 aromatic heterocycles. The fourth-order valence-electron chi connectivity index (χ4n) is 4.35. The molecule has 1 aromatic carbocycles. The first-order valence-electron chi connectivity index (χ1n) is 11.1. The fraction of sp³-hybridized carbons (Fsp3) is 0.591. The molecule has 0 saturated carbocycles. The number of hydrogen-bond acceptors (Lipinski definition) is 5. The molecule has 2 aromatic rings. The van der Waals surface area contributed by atoms with Gasteiger partial charge in [-0.05, 0) is 49.8 Å².